The number of carbonyl (C=O) groups is 2. The lowest BCUT2D eigenvalue weighted by Gasteiger charge is -2.39. The van der Waals surface area contributed by atoms with Crippen molar-refractivity contribution in [3.8, 4) is 0 Å². The van der Waals surface area contributed by atoms with Crippen molar-refractivity contribution >= 4 is 33.4 Å². The van der Waals surface area contributed by atoms with Crippen molar-refractivity contribution in [3.63, 3.8) is 0 Å². The van der Waals surface area contributed by atoms with Crippen LogP contribution in [0.4, 0.5) is 5.69 Å². The van der Waals surface area contributed by atoms with Gasteiger partial charge >= 0.3 is 0 Å². The number of benzene rings is 2. The predicted molar refractivity (Wildman–Crippen MR) is 133 cm³/mol. The highest BCUT2D eigenvalue weighted by Crippen LogP contribution is 2.28. The topological polar surface area (TPSA) is 75.4 Å². The Labute approximate surface area is 199 Å². The van der Waals surface area contributed by atoms with Crippen LogP contribution in [-0.2, 0) is 11.3 Å². The molecule has 2 amide bonds. The molecule has 5 nitrogen and oxygen atoms in total. The number of hydrogen-bond donors (Lipinski definition) is 2. The van der Waals surface area contributed by atoms with E-state index in [9.17, 15) is 9.59 Å². The highest BCUT2D eigenvalue weighted by Gasteiger charge is 2.32. The summed E-state index contributed by atoms with van der Waals surface area (Å²) in [5.74, 6) is -0.00783. The highest BCUT2D eigenvalue weighted by molar-refractivity contribution is 9.10. The molecule has 1 fully saturated rings. The van der Waals surface area contributed by atoms with E-state index in [-0.39, 0.29) is 29.3 Å². The normalized spacial score (nSPS) is 18.8. The second-order valence-corrected chi connectivity index (χ2v) is 10.8. The fourth-order valence-corrected chi connectivity index (χ4v) is 4.67. The van der Waals surface area contributed by atoms with Gasteiger partial charge in [0.05, 0.1) is 5.56 Å². The average Bonchev–Trinajstić information content (AvgIpc) is 2.73. The van der Waals surface area contributed by atoms with Gasteiger partial charge in [0.15, 0.2) is 0 Å². The van der Waals surface area contributed by atoms with E-state index in [0.29, 0.717) is 18.5 Å². The van der Waals surface area contributed by atoms with Crippen LogP contribution < -0.4 is 11.1 Å². The van der Waals surface area contributed by atoms with E-state index < -0.39 is 0 Å². The van der Waals surface area contributed by atoms with Crippen molar-refractivity contribution in [1.82, 2.24) is 4.90 Å². The SMILES string of the molecule is CC(C)(C)CC(=O)N(Cc1ccc(NC(=O)c2ccccc2Br)cc1)C1CCCCC1N. The van der Waals surface area contributed by atoms with E-state index in [2.05, 4.69) is 42.0 Å². The summed E-state index contributed by atoms with van der Waals surface area (Å²) < 4.78 is 0.756. The minimum absolute atomic E-state index is 0.0237. The van der Waals surface area contributed by atoms with Gasteiger partial charge in [0.1, 0.15) is 0 Å². The van der Waals surface area contributed by atoms with Gasteiger partial charge in [-0.15, -0.1) is 0 Å². The monoisotopic (exact) mass is 499 g/mol. The summed E-state index contributed by atoms with van der Waals surface area (Å²) in [6, 6.07) is 15.2. The van der Waals surface area contributed by atoms with E-state index in [1.165, 1.54) is 0 Å². The highest BCUT2D eigenvalue weighted by atomic mass is 79.9. The van der Waals surface area contributed by atoms with Gasteiger partial charge < -0.3 is 16.0 Å². The summed E-state index contributed by atoms with van der Waals surface area (Å²) in [7, 11) is 0. The van der Waals surface area contributed by atoms with Crippen molar-refractivity contribution < 1.29 is 9.59 Å². The molecule has 0 radical (unpaired) electrons. The van der Waals surface area contributed by atoms with Crippen molar-refractivity contribution in [2.75, 3.05) is 5.32 Å². The second kappa shape index (κ2) is 10.6. The molecule has 2 aromatic carbocycles. The van der Waals surface area contributed by atoms with E-state index >= 15 is 0 Å². The number of hydrogen-bond acceptors (Lipinski definition) is 3. The molecule has 2 aromatic rings. The molecule has 1 aliphatic rings. The number of carbonyl (C=O) groups excluding carboxylic acids is 2. The van der Waals surface area contributed by atoms with Gasteiger partial charge in [-0.3, -0.25) is 9.59 Å². The number of nitrogens with one attached hydrogen (secondary N) is 1. The molecule has 1 saturated carbocycles. The maximum atomic E-state index is 13.2. The summed E-state index contributed by atoms with van der Waals surface area (Å²) in [5.41, 5.74) is 8.70. The lowest BCUT2D eigenvalue weighted by atomic mass is 9.87. The Morgan fingerprint density at radius 1 is 1.06 bits per heavy atom. The molecule has 2 atom stereocenters. The number of halogens is 1. The molecule has 0 bridgehead atoms. The smallest absolute Gasteiger partial charge is 0.256 e. The van der Waals surface area contributed by atoms with E-state index in [1.807, 2.05) is 47.4 Å². The molecule has 0 aliphatic heterocycles. The van der Waals surface area contributed by atoms with E-state index in [1.54, 1.807) is 6.07 Å². The third-order valence-electron chi connectivity index (χ3n) is 5.87. The fourth-order valence-electron chi connectivity index (χ4n) is 4.21. The number of rotatable bonds is 6. The predicted octanol–water partition coefficient (Wildman–Crippen LogP) is 5.74. The summed E-state index contributed by atoms with van der Waals surface area (Å²) in [6.07, 6.45) is 4.65. The van der Waals surface area contributed by atoms with Crippen LogP contribution in [0.25, 0.3) is 0 Å². The first kappa shape index (κ1) is 24.5. The summed E-state index contributed by atoms with van der Waals surface area (Å²) in [4.78, 5) is 27.8. The lowest BCUT2D eigenvalue weighted by molar-refractivity contribution is -0.137. The van der Waals surface area contributed by atoms with Crippen LogP contribution >= 0.6 is 15.9 Å². The molecule has 172 valence electrons. The largest absolute Gasteiger partial charge is 0.334 e. The zero-order chi connectivity index (χ0) is 23.3. The first-order valence-corrected chi connectivity index (χ1v) is 12.1. The Hall–Kier alpha value is -2.18. The van der Waals surface area contributed by atoms with Gasteiger partial charge in [0.25, 0.3) is 5.91 Å². The van der Waals surface area contributed by atoms with Crippen LogP contribution in [-0.4, -0.2) is 28.8 Å². The van der Waals surface area contributed by atoms with Crippen LogP contribution in [0.1, 0.15) is 68.8 Å². The fraction of sp³-hybridized carbons (Fsp3) is 0.462. The maximum absolute atomic E-state index is 13.2. The maximum Gasteiger partial charge on any atom is 0.256 e. The molecule has 1 aliphatic carbocycles. The van der Waals surface area contributed by atoms with Crippen LogP contribution in [0.5, 0.6) is 0 Å². The molecular formula is C26H34BrN3O2. The third-order valence-corrected chi connectivity index (χ3v) is 6.56. The zero-order valence-corrected chi connectivity index (χ0v) is 20.8. The van der Waals surface area contributed by atoms with Crippen LogP contribution in [0.15, 0.2) is 53.0 Å². The molecule has 3 N–H and O–H groups in total. The Bertz CT molecular complexity index is 937. The first-order valence-electron chi connectivity index (χ1n) is 11.3. The number of nitrogens with zero attached hydrogens (tertiary/aromatic N) is 1. The zero-order valence-electron chi connectivity index (χ0n) is 19.2. The standard InChI is InChI=1S/C26H34BrN3O2/c1-26(2,3)16-24(31)30(23-11-7-6-10-22(23)28)17-18-12-14-19(15-13-18)29-25(32)20-8-4-5-9-21(20)27/h4-5,8-9,12-15,22-23H,6-7,10-11,16-17,28H2,1-3H3,(H,29,32). The van der Waals surface area contributed by atoms with E-state index in [4.69, 9.17) is 5.73 Å². The van der Waals surface area contributed by atoms with Gasteiger partial charge in [-0.2, -0.15) is 0 Å². The van der Waals surface area contributed by atoms with Gasteiger partial charge in [-0.1, -0.05) is 57.9 Å². The summed E-state index contributed by atoms with van der Waals surface area (Å²) in [6.45, 7) is 6.80. The number of anilines is 1. The molecular weight excluding hydrogens is 466 g/mol. The van der Waals surface area contributed by atoms with Crippen LogP contribution in [0.3, 0.4) is 0 Å². The molecule has 6 heteroatoms. The molecule has 0 aromatic heterocycles. The van der Waals surface area contributed by atoms with Gasteiger partial charge in [-0.05, 0) is 64.0 Å². The average molecular weight is 500 g/mol. The van der Waals surface area contributed by atoms with Crippen molar-refractivity contribution in [1.29, 1.82) is 0 Å². The Morgan fingerprint density at radius 3 is 2.34 bits per heavy atom. The van der Waals surface area contributed by atoms with Gasteiger partial charge in [0.2, 0.25) is 5.91 Å². The van der Waals surface area contributed by atoms with Crippen molar-refractivity contribution in [2.24, 2.45) is 11.1 Å². The second-order valence-electron chi connectivity index (χ2n) is 9.91. The van der Waals surface area contributed by atoms with E-state index in [0.717, 1.165) is 41.4 Å². The van der Waals surface area contributed by atoms with Crippen LogP contribution in [0, 0.1) is 5.41 Å². The third kappa shape index (κ3) is 6.66. The van der Waals surface area contributed by atoms with Crippen molar-refractivity contribution in [3.05, 3.63) is 64.1 Å². The van der Waals surface area contributed by atoms with Crippen molar-refractivity contribution in [2.45, 2.75) is 71.5 Å². The van der Waals surface area contributed by atoms with Crippen LogP contribution in [0.2, 0.25) is 0 Å². The Kier molecular flexibility index (Phi) is 8.12. The minimum Gasteiger partial charge on any atom is -0.334 e. The van der Waals surface area contributed by atoms with Gasteiger partial charge in [-0.25, -0.2) is 0 Å². The molecule has 0 spiro atoms. The number of amides is 2. The first-order chi connectivity index (χ1) is 15.1. The summed E-state index contributed by atoms with van der Waals surface area (Å²) >= 11 is 3.42. The molecule has 2 unspecified atom stereocenters. The molecule has 32 heavy (non-hydrogen) atoms. The minimum atomic E-state index is -0.166. The molecule has 0 heterocycles. The van der Waals surface area contributed by atoms with Gasteiger partial charge in [0, 0.05) is 35.2 Å². The number of nitrogens with two attached hydrogens (primary N) is 1. The lowest BCUT2D eigenvalue weighted by Crippen LogP contribution is -2.52. The molecule has 3 rings (SSSR count). The molecule has 0 saturated heterocycles. The quantitative estimate of drug-likeness (QED) is 0.532. The Morgan fingerprint density at radius 2 is 1.72 bits per heavy atom. The Balaban J connectivity index is 1.72. The summed E-state index contributed by atoms with van der Waals surface area (Å²) in [5, 5.41) is 2.93.